The van der Waals surface area contributed by atoms with Gasteiger partial charge in [0, 0.05) is 0 Å². The van der Waals surface area contributed by atoms with Crippen LogP contribution in [0, 0.1) is 0 Å². The van der Waals surface area contributed by atoms with E-state index in [0.29, 0.717) is 18.2 Å². The molecule has 2 rings (SSSR count). The first-order valence-electron chi connectivity index (χ1n) is 5.00. The van der Waals surface area contributed by atoms with Crippen molar-refractivity contribution in [1.29, 1.82) is 0 Å². The molecule has 0 amide bonds. The fourth-order valence-corrected chi connectivity index (χ4v) is 1.52. The van der Waals surface area contributed by atoms with E-state index < -0.39 is 0 Å². The third-order valence-corrected chi connectivity index (χ3v) is 2.23. The number of ether oxygens (including phenoxy) is 3. The molecule has 16 heavy (non-hydrogen) atoms. The van der Waals surface area contributed by atoms with Crippen molar-refractivity contribution >= 4 is 17.2 Å². The van der Waals surface area contributed by atoms with Crippen LogP contribution in [0.2, 0.25) is 0 Å². The Bertz CT molecular complexity index is 383. The highest BCUT2D eigenvalue weighted by molar-refractivity contribution is 7.80. The fraction of sp³-hybridized carbons (Fsp3) is 0.364. The van der Waals surface area contributed by atoms with E-state index in [0.717, 1.165) is 11.5 Å². The van der Waals surface area contributed by atoms with Crippen molar-refractivity contribution in [2.24, 2.45) is 5.73 Å². The first-order valence-corrected chi connectivity index (χ1v) is 5.41. The van der Waals surface area contributed by atoms with Crippen molar-refractivity contribution in [3.63, 3.8) is 0 Å². The van der Waals surface area contributed by atoms with E-state index in [1.807, 2.05) is 24.3 Å². The summed E-state index contributed by atoms with van der Waals surface area (Å²) < 4.78 is 16.5. The predicted molar refractivity (Wildman–Crippen MR) is 64.0 cm³/mol. The number of hydrogen-bond acceptors (Lipinski definition) is 4. The van der Waals surface area contributed by atoms with Gasteiger partial charge in [0.1, 0.15) is 6.61 Å². The maximum Gasteiger partial charge on any atom is 0.161 e. The molecule has 1 heterocycles. The normalized spacial score (nSPS) is 18.1. The van der Waals surface area contributed by atoms with Crippen LogP contribution in [0.15, 0.2) is 24.3 Å². The van der Waals surface area contributed by atoms with Gasteiger partial charge in [0.25, 0.3) is 0 Å². The third kappa shape index (κ3) is 2.84. The van der Waals surface area contributed by atoms with Gasteiger partial charge in [-0.3, -0.25) is 0 Å². The Morgan fingerprint density at radius 2 is 2.19 bits per heavy atom. The van der Waals surface area contributed by atoms with E-state index in [9.17, 15) is 0 Å². The highest BCUT2D eigenvalue weighted by atomic mass is 32.1. The average Bonchev–Trinajstić information content (AvgIpc) is 2.28. The molecule has 1 aliphatic rings. The lowest BCUT2D eigenvalue weighted by Gasteiger charge is -2.26. The van der Waals surface area contributed by atoms with Crippen molar-refractivity contribution < 1.29 is 14.2 Å². The molecule has 1 aliphatic heterocycles. The molecular formula is C11H13NO3S. The van der Waals surface area contributed by atoms with Gasteiger partial charge >= 0.3 is 0 Å². The van der Waals surface area contributed by atoms with Crippen LogP contribution in [-0.2, 0) is 4.74 Å². The zero-order valence-corrected chi connectivity index (χ0v) is 9.53. The lowest BCUT2D eigenvalue weighted by molar-refractivity contribution is 0.0201. The van der Waals surface area contributed by atoms with Crippen molar-refractivity contribution in [1.82, 2.24) is 0 Å². The minimum Gasteiger partial charge on any atom is -0.486 e. The Balaban J connectivity index is 1.86. The van der Waals surface area contributed by atoms with Crippen LogP contribution in [0.1, 0.15) is 0 Å². The van der Waals surface area contributed by atoms with Gasteiger partial charge in [-0.1, -0.05) is 24.4 Å². The molecule has 0 aliphatic carbocycles. The summed E-state index contributed by atoms with van der Waals surface area (Å²) in [5.74, 6) is 1.52. The maximum absolute atomic E-state index is 5.68. The van der Waals surface area contributed by atoms with E-state index in [-0.39, 0.29) is 12.7 Å². The van der Waals surface area contributed by atoms with Crippen LogP contribution in [0.3, 0.4) is 0 Å². The van der Waals surface area contributed by atoms with E-state index >= 15 is 0 Å². The van der Waals surface area contributed by atoms with Crippen molar-refractivity contribution in [3.05, 3.63) is 24.3 Å². The van der Waals surface area contributed by atoms with Crippen LogP contribution < -0.4 is 15.2 Å². The molecule has 0 fully saturated rings. The SMILES string of the molecule is NC(=S)COCC1COc2ccccc2O1. The Morgan fingerprint density at radius 1 is 1.44 bits per heavy atom. The summed E-state index contributed by atoms with van der Waals surface area (Å²) in [6, 6.07) is 7.56. The molecule has 0 aromatic heterocycles. The number of fused-ring (bicyclic) bond motifs is 1. The number of thiocarbonyl (C=S) groups is 1. The summed E-state index contributed by atoms with van der Waals surface area (Å²) in [5, 5.41) is 0. The summed E-state index contributed by atoms with van der Waals surface area (Å²) in [7, 11) is 0. The summed E-state index contributed by atoms with van der Waals surface area (Å²) in [4.78, 5) is 0.345. The molecule has 0 radical (unpaired) electrons. The second-order valence-corrected chi connectivity index (χ2v) is 4.00. The van der Waals surface area contributed by atoms with Gasteiger partial charge in [0.15, 0.2) is 17.6 Å². The number of benzene rings is 1. The van der Waals surface area contributed by atoms with Gasteiger partial charge in [-0.05, 0) is 12.1 Å². The van der Waals surface area contributed by atoms with Crippen LogP contribution in [0.4, 0.5) is 0 Å². The summed E-state index contributed by atoms with van der Waals surface area (Å²) >= 11 is 4.71. The standard InChI is InChI=1S/C11H13NO3S/c12-11(16)7-13-5-8-6-14-9-3-1-2-4-10(9)15-8/h1-4,8H,5-7H2,(H2,12,16). The van der Waals surface area contributed by atoms with Gasteiger partial charge in [0.05, 0.1) is 18.2 Å². The Labute approximate surface area is 99.3 Å². The number of para-hydroxylation sites is 2. The molecule has 0 spiro atoms. The average molecular weight is 239 g/mol. The van der Waals surface area contributed by atoms with Gasteiger partial charge in [-0.25, -0.2) is 0 Å². The lowest BCUT2D eigenvalue weighted by Crippen LogP contribution is -2.34. The first-order chi connectivity index (χ1) is 7.75. The molecule has 0 saturated carbocycles. The van der Waals surface area contributed by atoms with Crippen molar-refractivity contribution in [3.8, 4) is 11.5 Å². The van der Waals surface area contributed by atoms with Crippen LogP contribution in [0.25, 0.3) is 0 Å². The quantitative estimate of drug-likeness (QED) is 0.798. The molecule has 0 saturated heterocycles. The molecule has 0 bridgehead atoms. The Hall–Kier alpha value is -1.33. The van der Waals surface area contributed by atoms with Gasteiger partial charge in [-0.2, -0.15) is 0 Å². The largest absolute Gasteiger partial charge is 0.486 e. The van der Waals surface area contributed by atoms with Gasteiger partial charge < -0.3 is 19.9 Å². The predicted octanol–water partition coefficient (Wildman–Crippen LogP) is 1.13. The number of nitrogens with two attached hydrogens (primary N) is 1. The molecule has 1 aromatic rings. The molecule has 1 unspecified atom stereocenters. The van der Waals surface area contributed by atoms with Crippen molar-refractivity contribution in [2.45, 2.75) is 6.10 Å². The number of hydrogen-bond donors (Lipinski definition) is 1. The molecule has 86 valence electrons. The highest BCUT2D eigenvalue weighted by Crippen LogP contribution is 2.30. The lowest BCUT2D eigenvalue weighted by atomic mass is 10.3. The van der Waals surface area contributed by atoms with E-state index in [1.54, 1.807) is 0 Å². The first kappa shape index (κ1) is 11.2. The smallest absolute Gasteiger partial charge is 0.161 e. The van der Waals surface area contributed by atoms with Gasteiger partial charge in [0.2, 0.25) is 0 Å². The molecule has 1 aromatic carbocycles. The molecule has 1 atom stereocenters. The Kier molecular flexibility index (Phi) is 3.58. The van der Waals surface area contributed by atoms with Crippen LogP contribution >= 0.6 is 12.2 Å². The second-order valence-electron chi connectivity index (χ2n) is 3.48. The van der Waals surface area contributed by atoms with E-state index in [4.69, 9.17) is 32.2 Å². The zero-order chi connectivity index (χ0) is 11.4. The summed E-state index contributed by atoms with van der Waals surface area (Å²) in [6.45, 7) is 1.18. The molecule has 5 heteroatoms. The fourth-order valence-electron chi connectivity index (χ4n) is 1.44. The number of rotatable bonds is 4. The van der Waals surface area contributed by atoms with E-state index in [1.165, 1.54) is 0 Å². The molecule has 2 N–H and O–H groups in total. The minimum atomic E-state index is -0.107. The van der Waals surface area contributed by atoms with Crippen LogP contribution in [-0.4, -0.2) is 30.9 Å². The van der Waals surface area contributed by atoms with Gasteiger partial charge in [-0.15, -0.1) is 0 Å². The van der Waals surface area contributed by atoms with E-state index in [2.05, 4.69) is 0 Å². The summed E-state index contributed by atoms with van der Waals surface area (Å²) in [5.41, 5.74) is 5.32. The zero-order valence-electron chi connectivity index (χ0n) is 8.72. The monoisotopic (exact) mass is 239 g/mol. The summed E-state index contributed by atoms with van der Waals surface area (Å²) in [6.07, 6.45) is -0.107. The second kappa shape index (κ2) is 5.14. The Morgan fingerprint density at radius 3 is 2.94 bits per heavy atom. The highest BCUT2D eigenvalue weighted by Gasteiger charge is 2.20. The third-order valence-electron chi connectivity index (χ3n) is 2.12. The minimum absolute atomic E-state index is 0.107. The van der Waals surface area contributed by atoms with Crippen molar-refractivity contribution in [2.75, 3.05) is 19.8 Å². The maximum atomic E-state index is 5.68. The molecular weight excluding hydrogens is 226 g/mol. The molecule has 4 nitrogen and oxygen atoms in total. The topological polar surface area (TPSA) is 53.7 Å². The van der Waals surface area contributed by atoms with Crippen LogP contribution in [0.5, 0.6) is 11.5 Å².